The van der Waals surface area contributed by atoms with Crippen molar-refractivity contribution in [2.75, 3.05) is 20.8 Å². The molecule has 130 valence electrons. The van der Waals surface area contributed by atoms with E-state index in [4.69, 9.17) is 15.2 Å². The summed E-state index contributed by atoms with van der Waals surface area (Å²) < 4.78 is 11.4. The van der Waals surface area contributed by atoms with Gasteiger partial charge in [0.05, 0.1) is 14.2 Å². The van der Waals surface area contributed by atoms with Crippen molar-refractivity contribution in [3.05, 3.63) is 22.2 Å². The van der Waals surface area contributed by atoms with Crippen LogP contribution in [-0.2, 0) is 11.3 Å². The Bertz CT molecular complexity index is 542. The number of nitrogens with one attached hydrogen (secondary N) is 1. The maximum atomic E-state index is 12.3. The Morgan fingerprint density at radius 3 is 2.57 bits per heavy atom. The molecule has 0 unspecified atom stereocenters. The highest BCUT2D eigenvalue weighted by molar-refractivity contribution is 9.10. The summed E-state index contributed by atoms with van der Waals surface area (Å²) in [6, 6.07) is 3.72. The Labute approximate surface area is 151 Å². The van der Waals surface area contributed by atoms with Gasteiger partial charge in [-0.05, 0) is 43.0 Å². The predicted octanol–water partition coefficient (Wildman–Crippen LogP) is 2.88. The number of rotatable bonds is 6. The molecule has 1 aromatic rings. The molecular weight excluding hydrogens is 384 g/mol. The van der Waals surface area contributed by atoms with Gasteiger partial charge in [-0.25, -0.2) is 0 Å². The third-order valence-electron chi connectivity index (χ3n) is 4.30. The number of ether oxygens (including phenoxy) is 2. The zero-order valence-electron chi connectivity index (χ0n) is 13.4. The van der Waals surface area contributed by atoms with E-state index in [-0.39, 0.29) is 24.2 Å². The number of hydrogen-bond donors (Lipinski definition) is 2. The number of carbonyl (C=O) groups is 1. The molecular formula is C16H24BrClN2O3. The first-order chi connectivity index (χ1) is 10.6. The number of nitrogens with two attached hydrogens (primary N) is 1. The largest absolute Gasteiger partial charge is 0.493 e. The van der Waals surface area contributed by atoms with Crippen molar-refractivity contribution in [1.29, 1.82) is 0 Å². The van der Waals surface area contributed by atoms with Gasteiger partial charge in [0.2, 0.25) is 5.91 Å². The molecule has 0 spiro atoms. The molecule has 2 atom stereocenters. The highest BCUT2D eigenvalue weighted by Crippen LogP contribution is 2.34. The van der Waals surface area contributed by atoms with E-state index < -0.39 is 0 Å². The van der Waals surface area contributed by atoms with E-state index >= 15 is 0 Å². The van der Waals surface area contributed by atoms with Gasteiger partial charge in [-0.3, -0.25) is 4.79 Å². The van der Waals surface area contributed by atoms with Gasteiger partial charge in [0.1, 0.15) is 0 Å². The summed E-state index contributed by atoms with van der Waals surface area (Å²) >= 11 is 3.50. The highest BCUT2D eigenvalue weighted by atomic mass is 79.9. The maximum Gasteiger partial charge on any atom is 0.223 e. The third-order valence-corrected chi connectivity index (χ3v) is 5.04. The fourth-order valence-corrected chi connectivity index (χ4v) is 3.47. The Morgan fingerprint density at radius 2 is 1.96 bits per heavy atom. The van der Waals surface area contributed by atoms with Crippen molar-refractivity contribution in [3.63, 3.8) is 0 Å². The second-order valence-electron chi connectivity index (χ2n) is 5.55. The van der Waals surface area contributed by atoms with Crippen molar-refractivity contribution in [3.8, 4) is 11.5 Å². The Balaban J connectivity index is 0.00000264. The maximum absolute atomic E-state index is 12.3. The normalized spacial score (nSPS) is 19.8. The van der Waals surface area contributed by atoms with Crippen LogP contribution in [0.25, 0.3) is 0 Å². The van der Waals surface area contributed by atoms with Crippen molar-refractivity contribution in [2.45, 2.75) is 25.8 Å². The lowest BCUT2D eigenvalue weighted by Gasteiger charge is -2.18. The molecule has 7 heteroatoms. The van der Waals surface area contributed by atoms with E-state index in [1.165, 1.54) is 0 Å². The summed E-state index contributed by atoms with van der Waals surface area (Å²) in [4.78, 5) is 12.3. The lowest BCUT2D eigenvalue weighted by Crippen LogP contribution is -2.34. The molecule has 1 aliphatic rings. The van der Waals surface area contributed by atoms with E-state index in [0.29, 0.717) is 30.5 Å². The lowest BCUT2D eigenvalue weighted by molar-refractivity contribution is -0.126. The van der Waals surface area contributed by atoms with Crippen molar-refractivity contribution in [1.82, 2.24) is 5.32 Å². The van der Waals surface area contributed by atoms with E-state index in [0.717, 1.165) is 29.3 Å². The molecule has 0 radical (unpaired) electrons. The molecule has 1 amide bonds. The molecule has 0 saturated heterocycles. The first-order valence-electron chi connectivity index (χ1n) is 7.48. The Hall–Kier alpha value is -0.980. The predicted molar refractivity (Wildman–Crippen MR) is 96.2 cm³/mol. The molecule has 1 saturated carbocycles. The number of amides is 1. The van der Waals surface area contributed by atoms with E-state index in [1.807, 2.05) is 12.1 Å². The van der Waals surface area contributed by atoms with Crippen molar-refractivity contribution in [2.24, 2.45) is 17.6 Å². The van der Waals surface area contributed by atoms with Gasteiger partial charge >= 0.3 is 0 Å². The van der Waals surface area contributed by atoms with E-state index in [2.05, 4.69) is 21.2 Å². The van der Waals surface area contributed by atoms with Gasteiger partial charge in [-0.1, -0.05) is 22.4 Å². The summed E-state index contributed by atoms with van der Waals surface area (Å²) in [5.74, 6) is 1.76. The number of halogens is 2. The Kier molecular flexibility index (Phi) is 8.16. The van der Waals surface area contributed by atoms with E-state index in [1.54, 1.807) is 14.2 Å². The molecule has 0 aromatic heterocycles. The number of methoxy groups -OCH3 is 2. The number of benzene rings is 1. The van der Waals surface area contributed by atoms with Gasteiger partial charge < -0.3 is 20.5 Å². The molecule has 0 heterocycles. The Morgan fingerprint density at radius 1 is 1.30 bits per heavy atom. The third kappa shape index (κ3) is 4.75. The fourth-order valence-electron chi connectivity index (χ4n) is 3.01. The zero-order valence-corrected chi connectivity index (χ0v) is 15.8. The van der Waals surface area contributed by atoms with Crippen molar-refractivity contribution < 1.29 is 14.3 Å². The minimum Gasteiger partial charge on any atom is -0.493 e. The fraction of sp³-hybridized carbons (Fsp3) is 0.562. The van der Waals surface area contributed by atoms with Crippen LogP contribution in [0.1, 0.15) is 24.8 Å². The van der Waals surface area contributed by atoms with Crippen LogP contribution in [0.15, 0.2) is 16.6 Å². The molecule has 23 heavy (non-hydrogen) atoms. The van der Waals surface area contributed by atoms with Gasteiger partial charge in [0.15, 0.2) is 11.5 Å². The summed E-state index contributed by atoms with van der Waals surface area (Å²) in [6.45, 7) is 1.03. The van der Waals surface area contributed by atoms with Crippen molar-refractivity contribution >= 4 is 34.2 Å². The average molecular weight is 408 g/mol. The monoisotopic (exact) mass is 406 g/mol. The first-order valence-corrected chi connectivity index (χ1v) is 8.28. The van der Waals surface area contributed by atoms with Crippen LogP contribution >= 0.6 is 28.3 Å². The van der Waals surface area contributed by atoms with Crippen LogP contribution in [0.4, 0.5) is 0 Å². The molecule has 5 nitrogen and oxygen atoms in total. The first kappa shape index (κ1) is 20.1. The molecule has 0 bridgehead atoms. The number of carbonyl (C=O) groups excluding carboxylic acids is 1. The van der Waals surface area contributed by atoms with Crippen LogP contribution in [0.2, 0.25) is 0 Å². The summed E-state index contributed by atoms with van der Waals surface area (Å²) in [5, 5.41) is 3.01. The summed E-state index contributed by atoms with van der Waals surface area (Å²) in [5.41, 5.74) is 6.70. The summed E-state index contributed by atoms with van der Waals surface area (Å²) in [6.07, 6.45) is 3.06. The average Bonchev–Trinajstić information content (AvgIpc) is 3.01. The molecule has 1 aliphatic carbocycles. The number of hydrogen-bond acceptors (Lipinski definition) is 4. The van der Waals surface area contributed by atoms with Gasteiger partial charge in [-0.2, -0.15) is 0 Å². The van der Waals surface area contributed by atoms with Gasteiger partial charge in [0.25, 0.3) is 0 Å². The van der Waals surface area contributed by atoms with Crippen LogP contribution in [-0.4, -0.2) is 26.7 Å². The van der Waals surface area contributed by atoms with Crippen LogP contribution in [0.3, 0.4) is 0 Å². The molecule has 1 fully saturated rings. The smallest absolute Gasteiger partial charge is 0.223 e. The second kappa shape index (κ2) is 9.35. The topological polar surface area (TPSA) is 73.6 Å². The standard InChI is InChI=1S/C16H23BrN2O3.ClH/c1-21-14-6-11(13(17)7-15(14)22-2)9-19-16(20)12-5-3-4-10(12)8-18;/h6-7,10,12H,3-5,8-9,18H2,1-2H3,(H,19,20);1H/t10-,12-;/m1./s1. The minimum absolute atomic E-state index is 0. The van der Waals surface area contributed by atoms with Crippen LogP contribution < -0.4 is 20.5 Å². The van der Waals surface area contributed by atoms with Crippen LogP contribution in [0, 0.1) is 11.8 Å². The van der Waals surface area contributed by atoms with Gasteiger partial charge in [0, 0.05) is 16.9 Å². The minimum atomic E-state index is 0. The molecule has 0 aliphatic heterocycles. The molecule has 3 N–H and O–H groups in total. The lowest BCUT2D eigenvalue weighted by atomic mass is 9.95. The van der Waals surface area contributed by atoms with E-state index in [9.17, 15) is 4.79 Å². The highest BCUT2D eigenvalue weighted by Gasteiger charge is 2.31. The zero-order chi connectivity index (χ0) is 16.1. The SMILES string of the molecule is COc1cc(Br)c(CNC(=O)[C@@H]2CCC[C@@H]2CN)cc1OC.Cl. The second-order valence-corrected chi connectivity index (χ2v) is 6.40. The molecule has 2 rings (SSSR count). The van der Waals surface area contributed by atoms with Gasteiger partial charge in [-0.15, -0.1) is 12.4 Å². The van der Waals surface area contributed by atoms with Crippen LogP contribution in [0.5, 0.6) is 11.5 Å². The summed E-state index contributed by atoms with van der Waals surface area (Å²) in [7, 11) is 3.19. The quantitative estimate of drug-likeness (QED) is 0.760. The molecule has 1 aromatic carbocycles.